The van der Waals surface area contributed by atoms with Crippen LogP contribution in [-0.4, -0.2) is 24.9 Å². The SMILES string of the molecule is CCN(C(=O)c1ccc(NCC(=O)Nc2cccc(C(F)(F)F)c2)cc1)c1ccccc1. The average molecular weight is 441 g/mol. The maximum atomic E-state index is 12.8. The summed E-state index contributed by atoms with van der Waals surface area (Å²) < 4.78 is 38.3. The van der Waals surface area contributed by atoms with Gasteiger partial charge in [0.1, 0.15) is 0 Å². The van der Waals surface area contributed by atoms with Crippen molar-refractivity contribution in [3.8, 4) is 0 Å². The van der Waals surface area contributed by atoms with Crippen LogP contribution in [0.2, 0.25) is 0 Å². The minimum atomic E-state index is -4.48. The summed E-state index contributed by atoms with van der Waals surface area (Å²) in [5.41, 5.74) is 1.12. The van der Waals surface area contributed by atoms with E-state index in [2.05, 4.69) is 10.6 Å². The molecule has 2 amide bonds. The Morgan fingerprint density at radius 2 is 1.56 bits per heavy atom. The number of carbonyl (C=O) groups excluding carboxylic acids is 2. The molecule has 0 spiro atoms. The Morgan fingerprint density at radius 1 is 0.875 bits per heavy atom. The number of para-hydroxylation sites is 1. The first-order chi connectivity index (χ1) is 15.3. The molecule has 0 fully saturated rings. The number of alkyl halides is 3. The number of carbonyl (C=O) groups is 2. The molecule has 0 aliphatic heterocycles. The van der Waals surface area contributed by atoms with Crippen molar-refractivity contribution in [3.63, 3.8) is 0 Å². The lowest BCUT2D eigenvalue weighted by Gasteiger charge is -2.21. The van der Waals surface area contributed by atoms with Crippen molar-refractivity contribution >= 4 is 28.9 Å². The summed E-state index contributed by atoms with van der Waals surface area (Å²) in [6, 6.07) is 20.4. The van der Waals surface area contributed by atoms with Crippen LogP contribution < -0.4 is 15.5 Å². The highest BCUT2D eigenvalue weighted by atomic mass is 19.4. The molecule has 0 heterocycles. The maximum Gasteiger partial charge on any atom is 0.416 e. The van der Waals surface area contributed by atoms with Gasteiger partial charge in [0, 0.05) is 29.2 Å². The second kappa shape index (κ2) is 10.00. The Balaban J connectivity index is 1.58. The number of anilines is 3. The van der Waals surface area contributed by atoms with Crippen molar-refractivity contribution in [3.05, 3.63) is 90.0 Å². The number of amides is 2. The van der Waals surface area contributed by atoms with Gasteiger partial charge in [0.25, 0.3) is 5.91 Å². The summed E-state index contributed by atoms with van der Waals surface area (Å²) in [5.74, 6) is -0.641. The molecule has 32 heavy (non-hydrogen) atoms. The monoisotopic (exact) mass is 441 g/mol. The third kappa shape index (κ3) is 5.87. The highest BCUT2D eigenvalue weighted by molar-refractivity contribution is 6.06. The van der Waals surface area contributed by atoms with Crippen molar-refractivity contribution in [1.29, 1.82) is 0 Å². The second-order valence-corrected chi connectivity index (χ2v) is 6.94. The van der Waals surface area contributed by atoms with Crippen LogP contribution in [0.5, 0.6) is 0 Å². The van der Waals surface area contributed by atoms with Crippen LogP contribution in [-0.2, 0) is 11.0 Å². The van der Waals surface area contributed by atoms with Crippen molar-refractivity contribution in [2.24, 2.45) is 0 Å². The highest BCUT2D eigenvalue weighted by Gasteiger charge is 2.30. The Labute approximate surface area is 183 Å². The van der Waals surface area contributed by atoms with E-state index < -0.39 is 17.6 Å². The minimum absolute atomic E-state index is 0.0631. The molecule has 0 unspecified atom stereocenters. The van der Waals surface area contributed by atoms with Crippen molar-refractivity contribution in [1.82, 2.24) is 0 Å². The van der Waals surface area contributed by atoms with Gasteiger partial charge in [-0.25, -0.2) is 0 Å². The predicted octanol–water partition coefficient (Wildman–Crippen LogP) is 5.42. The average Bonchev–Trinajstić information content (AvgIpc) is 2.79. The molecular formula is C24H22F3N3O2. The lowest BCUT2D eigenvalue weighted by atomic mass is 10.1. The molecule has 0 radical (unpaired) electrons. The Morgan fingerprint density at radius 3 is 2.19 bits per heavy atom. The third-order valence-electron chi connectivity index (χ3n) is 4.69. The normalized spacial score (nSPS) is 11.0. The number of rotatable bonds is 7. The van der Waals surface area contributed by atoms with Crippen LogP contribution in [0.4, 0.5) is 30.2 Å². The van der Waals surface area contributed by atoms with Crippen LogP contribution in [0.15, 0.2) is 78.9 Å². The number of benzene rings is 3. The van der Waals surface area contributed by atoms with Gasteiger partial charge >= 0.3 is 6.18 Å². The lowest BCUT2D eigenvalue weighted by Crippen LogP contribution is -2.30. The van der Waals surface area contributed by atoms with Gasteiger partial charge in [0.15, 0.2) is 0 Å². The molecule has 8 heteroatoms. The number of hydrogen-bond acceptors (Lipinski definition) is 3. The molecule has 0 saturated heterocycles. The van der Waals surface area contributed by atoms with E-state index in [0.717, 1.165) is 17.8 Å². The van der Waals surface area contributed by atoms with Gasteiger partial charge in [-0.05, 0) is 61.5 Å². The van der Waals surface area contributed by atoms with Crippen LogP contribution in [0.25, 0.3) is 0 Å². The zero-order valence-electron chi connectivity index (χ0n) is 17.3. The van der Waals surface area contributed by atoms with Gasteiger partial charge in [-0.1, -0.05) is 24.3 Å². The van der Waals surface area contributed by atoms with Crippen LogP contribution in [0.3, 0.4) is 0 Å². The highest BCUT2D eigenvalue weighted by Crippen LogP contribution is 2.30. The van der Waals surface area contributed by atoms with Crippen LogP contribution in [0.1, 0.15) is 22.8 Å². The topological polar surface area (TPSA) is 61.4 Å². The summed E-state index contributed by atoms with van der Waals surface area (Å²) in [6.07, 6.45) is -4.48. The minimum Gasteiger partial charge on any atom is -0.376 e. The molecule has 2 N–H and O–H groups in total. The summed E-state index contributed by atoms with van der Waals surface area (Å²) in [7, 11) is 0. The zero-order valence-corrected chi connectivity index (χ0v) is 17.3. The van der Waals surface area contributed by atoms with E-state index in [1.54, 1.807) is 29.2 Å². The first kappa shape index (κ1) is 22.9. The van der Waals surface area contributed by atoms with Gasteiger partial charge in [-0.15, -0.1) is 0 Å². The lowest BCUT2D eigenvalue weighted by molar-refractivity contribution is -0.137. The molecule has 3 aromatic rings. The van der Waals surface area contributed by atoms with E-state index in [4.69, 9.17) is 0 Å². The molecule has 3 rings (SSSR count). The van der Waals surface area contributed by atoms with Crippen molar-refractivity contribution in [2.45, 2.75) is 13.1 Å². The fourth-order valence-electron chi connectivity index (χ4n) is 3.10. The largest absolute Gasteiger partial charge is 0.416 e. The number of nitrogens with zero attached hydrogens (tertiary/aromatic N) is 1. The Kier molecular flexibility index (Phi) is 7.14. The Bertz CT molecular complexity index is 1070. The molecule has 0 aliphatic rings. The molecule has 0 atom stereocenters. The van der Waals surface area contributed by atoms with Crippen LogP contribution >= 0.6 is 0 Å². The van der Waals surface area contributed by atoms with E-state index in [-0.39, 0.29) is 18.1 Å². The standard InChI is InChI=1S/C24H22F3N3O2/c1-2-30(21-9-4-3-5-10-21)23(32)17-11-13-19(14-12-17)28-16-22(31)29-20-8-6-7-18(15-20)24(25,26)27/h3-15,28H,2,16H2,1H3,(H,29,31). The summed E-state index contributed by atoms with van der Waals surface area (Å²) in [6.45, 7) is 2.26. The molecule has 0 aromatic heterocycles. The van der Waals surface area contributed by atoms with Crippen LogP contribution in [0, 0.1) is 0 Å². The number of hydrogen-bond donors (Lipinski definition) is 2. The fourth-order valence-corrected chi connectivity index (χ4v) is 3.10. The van der Waals surface area contributed by atoms with Gasteiger partial charge in [-0.2, -0.15) is 13.2 Å². The number of nitrogens with one attached hydrogen (secondary N) is 2. The van der Waals surface area contributed by atoms with E-state index in [9.17, 15) is 22.8 Å². The third-order valence-corrected chi connectivity index (χ3v) is 4.69. The molecule has 0 aliphatic carbocycles. The van der Waals surface area contributed by atoms with Crippen molar-refractivity contribution in [2.75, 3.05) is 28.6 Å². The summed E-state index contributed by atoms with van der Waals surface area (Å²) in [4.78, 5) is 26.6. The van der Waals surface area contributed by atoms with Gasteiger partial charge in [-0.3, -0.25) is 9.59 Å². The van der Waals surface area contributed by atoms with E-state index >= 15 is 0 Å². The summed E-state index contributed by atoms with van der Waals surface area (Å²) in [5, 5.41) is 5.32. The zero-order chi connectivity index (χ0) is 23.1. The van der Waals surface area contributed by atoms with Gasteiger partial charge in [0.05, 0.1) is 12.1 Å². The molecule has 3 aromatic carbocycles. The van der Waals surface area contributed by atoms with Crippen molar-refractivity contribution < 1.29 is 22.8 Å². The molecule has 5 nitrogen and oxygen atoms in total. The summed E-state index contributed by atoms with van der Waals surface area (Å²) >= 11 is 0. The molecule has 0 bridgehead atoms. The maximum absolute atomic E-state index is 12.8. The van der Waals surface area contributed by atoms with Gasteiger partial charge < -0.3 is 15.5 Å². The fraction of sp³-hybridized carbons (Fsp3) is 0.167. The molecule has 166 valence electrons. The van der Waals surface area contributed by atoms with E-state index in [1.807, 2.05) is 37.3 Å². The number of halogens is 3. The predicted molar refractivity (Wildman–Crippen MR) is 119 cm³/mol. The smallest absolute Gasteiger partial charge is 0.376 e. The Hall–Kier alpha value is -3.81. The first-order valence-electron chi connectivity index (χ1n) is 9.96. The second-order valence-electron chi connectivity index (χ2n) is 6.94. The quantitative estimate of drug-likeness (QED) is 0.515. The first-order valence-corrected chi connectivity index (χ1v) is 9.96. The van der Waals surface area contributed by atoms with E-state index in [0.29, 0.717) is 17.8 Å². The molecule has 0 saturated carbocycles. The van der Waals surface area contributed by atoms with Gasteiger partial charge in [0.2, 0.25) is 5.91 Å². The molecular weight excluding hydrogens is 419 g/mol. The van der Waals surface area contributed by atoms with E-state index in [1.165, 1.54) is 12.1 Å².